The number of benzene rings is 1. The highest BCUT2D eigenvalue weighted by atomic mass is 32.2. The molecule has 1 aromatic heterocycles. The number of amidine groups is 1. The van der Waals surface area contributed by atoms with Crippen LogP contribution in [0.3, 0.4) is 0 Å². The molecule has 10 heteroatoms. The maximum Gasteiger partial charge on any atom is 0.422 e. The highest BCUT2D eigenvalue weighted by Crippen LogP contribution is 2.27. The largest absolute Gasteiger partial charge is 0.622 e. The number of nitrogens with one attached hydrogen (secondary N) is 1. The van der Waals surface area contributed by atoms with Gasteiger partial charge in [-0.1, -0.05) is 12.1 Å². The quantitative estimate of drug-likeness (QED) is 0.819. The molecule has 138 valence electrons. The monoisotopic (exact) mass is 385 g/mol. The number of nitrogens with zero attached hydrogens (tertiary/aromatic N) is 2. The van der Waals surface area contributed by atoms with Crippen LogP contribution in [0.15, 0.2) is 41.5 Å². The summed E-state index contributed by atoms with van der Waals surface area (Å²) >= 11 is 0. The number of para-hydroxylation sites is 2. The molecular weight excluding hydrogens is 371 g/mol. The highest BCUT2D eigenvalue weighted by Gasteiger charge is 2.30. The van der Waals surface area contributed by atoms with Gasteiger partial charge in [0.25, 0.3) is 5.17 Å². The summed E-state index contributed by atoms with van der Waals surface area (Å²) in [5.41, 5.74) is 1.46. The molecule has 1 aliphatic rings. The Labute approximate surface area is 149 Å². The van der Waals surface area contributed by atoms with Crippen LogP contribution in [-0.4, -0.2) is 27.1 Å². The standard InChI is InChI=1S/C16H14F3N3O3S/c1-10-12(20-7-6-14(10)25-9-16(17,18)19)8-26(24)15-21-11-4-2-3-5-13(11)22(15)23/h2-7,22H,8-9H2,1H3. The number of hydrogen-bond acceptors (Lipinski definition) is 5. The molecule has 0 radical (unpaired) electrons. The van der Waals surface area contributed by atoms with E-state index in [2.05, 4.69) is 9.98 Å². The molecular formula is C16H14F3N3O3S. The minimum atomic E-state index is -4.46. The van der Waals surface area contributed by atoms with Crippen molar-refractivity contribution in [3.05, 3.63) is 53.0 Å². The summed E-state index contributed by atoms with van der Waals surface area (Å²) in [5.74, 6) is -0.138. The second kappa shape index (κ2) is 7.14. The molecule has 26 heavy (non-hydrogen) atoms. The number of aliphatic imine (C=N–C) groups is 1. The third-order valence-corrected chi connectivity index (χ3v) is 4.94. The lowest BCUT2D eigenvalue weighted by atomic mass is 10.2. The van der Waals surface area contributed by atoms with Crippen LogP contribution >= 0.6 is 0 Å². The Morgan fingerprint density at radius 3 is 2.69 bits per heavy atom. The Bertz CT molecular complexity index is 887. The summed E-state index contributed by atoms with van der Waals surface area (Å²) in [6.45, 7) is 0.0964. The van der Waals surface area contributed by atoms with E-state index in [0.29, 0.717) is 16.9 Å². The van der Waals surface area contributed by atoms with Gasteiger partial charge in [-0.15, -0.1) is 0 Å². The second-order valence-electron chi connectivity index (χ2n) is 5.54. The van der Waals surface area contributed by atoms with Crippen LogP contribution in [0.1, 0.15) is 11.3 Å². The van der Waals surface area contributed by atoms with Gasteiger partial charge in [0.15, 0.2) is 12.3 Å². The van der Waals surface area contributed by atoms with Crippen LogP contribution in [0.2, 0.25) is 0 Å². The van der Waals surface area contributed by atoms with Gasteiger partial charge in [0.1, 0.15) is 22.2 Å². The predicted octanol–water partition coefficient (Wildman–Crippen LogP) is 2.30. The van der Waals surface area contributed by atoms with E-state index < -0.39 is 28.6 Å². The Hall–Kier alpha value is -2.30. The summed E-state index contributed by atoms with van der Waals surface area (Å²) in [7, 11) is -1.78. The van der Waals surface area contributed by atoms with E-state index in [1.165, 1.54) is 19.2 Å². The Kier molecular flexibility index (Phi) is 5.08. The normalized spacial score (nSPS) is 17.6. The van der Waals surface area contributed by atoms with Crippen LogP contribution in [0, 0.1) is 12.1 Å². The Morgan fingerprint density at radius 2 is 2.00 bits per heavy atom. The molecule has 0 aliphatic carbocycles. The zero-order valence-electron chi connectivity index (χ0n) is 13.5. The number of hydroxylamine groups is 1. The summed E-state index contributed by atoms with van der Waals surface area (Å²) < 4.78 is 54.3. The van der Waals surface area contributed by atoms with E-state index in [9.17, 15) is 22.6 Å². The molecule has 2 atom stereocenters. The summed E-state index contributed by atoms with van der Waals surface area (Å²) in [6.07, 6.45) is -3.19. The number of ether oxygens (including phenoxy) is 1. The number of aromatic nitrogens is 1. The van der Waals surface area contributed by atoms with Crippen LogP contribution in [0.25, 0.3) is 0 Å². The van der Waals surface area contributed by atoms with Gasteiger partial charge in [0, 0.05) is 17.8 Å². The smallest absolute Gasteiger partial charge is 0.422 e. The van der Waals surface area contributed by atoms with E-state index in [1.807, 2.05) is 0 Å². The van der Waals surface area contributed by atoms with Crippen molar-refractivity contribution in [3.8, 4) is 5.75 Å². The van der Waals surface area contributed by atoms with Crippen molar-refractivity contribution in [1.82, 2.24) is 4.98 Å². The summed E-state index contributed by atoms with van der Waals surface area (Å²) in [4.78, 5) is 8.16. The number of pyridine rings is 1. The third kappa shape index (κ3) is 3.92. The Balaban J connectivity index is 1.77. The molecule has 1 aromatic carbocycles. The van der Waals surface area contributed by atoms with Gasteiger partial charge >= 0.3 is 6.18 Å². The third-order valence-electron chi connectivity index (χ3n) is 3.70. The fourth-order valence-electron chi connectivity index (χ4n) is 2.41. The first-order chi connectivity index (χ1) is 12.3. The van der Waals surface area contributed by atoms with Gasteiger partial charge in [-0.3, -0.25) is 10.0 Å². The van der Waals surface area contributed by atoms with Crippen molar-refractivity contribution >= 4 is 27.3 Å². The number of rotatable bonds is 4. The van der Waals surface area contributed by atoms with E-state index in [-0.39, 0.29) is 22.4 Å². The van der Waals surface area contributed by atoms with Gasteiger partial charge in [-0.25, -0.2) is 4.21 Å². The van der Waals surface area contributed by atoms with Crippen LogP contribution in [0.4, 0.5) is 24.5 Å². The van der Waals surface area contributed by atoms with Crippen molar-refractivity contribution in [2.75, 3.05) is 6.61 Å². The van der Waals surface area contributed by atoms with Gasteiger partial charge < -0.3 is 9.94 Å². The molecule has 6 nitrogen and oxygen atoms in total. The van der Waals surface area contributed by atoms with Crippen LogP contribution in [-0.2, 0) is 16.6 Å². The van der Waals surface area contributed by atoms with Crippen molar-refractivity contribution in [3.63, 3.8) is 0 Å². The highest BCUT2D eigenvalue weighted by molar-refractivity contribution is 7.99. The first-order valence-corrected chi connectivity index (χ1v) is 8.83. The molecule has 2 heterocycles. The van der Waals surface area contributed by atoms with Crippen molar-refractivity contribution in [2.24, 2.45) is 4.99 Å². The predicted molar refractivity (Wildman–Crippen MR) is 89.9 cm³/mol. The molecule has 0 amide bonds. The zero-order chi connectivity index (χ0) is 18.9. The van der Waals surface area contributed by atoms with Crippen LogP contribution < -0.4 is 9.80 Å². The first kappa shape index (κ1) is 18.5. The molecule has 0 spiro atoms. The number of alkyl halides is 3. The minimum absolute atomic E-state index is 0.00676. The van der Waals surface area contributed by atoms with Crippen LogP contribution in [0.5, 0.6) is 5.75 Å². The summed E-state index contributed by atoms with van der Waals surface area (Å²) in [6, 6.07) is 7.95. The lowest BCUT2D eigenvalue weighted by Gasteiger charge is -2.17. The van der Waals surface area contributed by atoms with Crippen molar-refractivity contribution in [2.45, 2.75) is 18.9 Å². The molecule has 0 fully saturated rings. The maximum absolute atomic E-state index is 12.6. The number of quaternary nitrogens is 1. The fourth-order valence-corrected chi connectivity index (χ4v) is 3.60. The number of fused-ring (bicyclic) bond motifs is 1. The van der Waals surface area contributed by atoms with Crippen molar-refractivity contribution in [1.29, 1.82) is 0 Å². The zero-order valence-corrected chi connectivity index (χ0v) is 14.4. The lowest BCUT2D eigenvalue weighted by molar-refractivity contribution is -0.659. The molecule has 0 saturated carbocycles. The molecule has 1 N–H and O–H groups in total. The molecule has 2 aromatic rings. The topological polar surface area (TPSA) is 79.0 Å². The Morgan fingerprint density at radius 1 is 1.27 bits per heavy atom. The van der Waals surface area contributed by atoms with Crippen molar-refractivity contribution < 1.29 is 27.2 Å². The average molecular weight is 385 g/mol. The second-order valence-corrected chi connectivity index (χ2v) is 6.90. The lowest BCUT2D eigenvalue weighted by Crippen LogP contribution is -3.04. The van der Waals surface area contributed by atoms with E-state index in [1.54, 1.807) is 24.3 Å². The number of halogens is 3. The molecule has 1 aliphatic heterocycles. The van der Waals surface area contributed by atoms with E-state index in [0.717, 1.165) is 0 Å². The minimum Gasteiger partial charge on any atom is -0.622 e. The van der Waals surface area contributed by atoms with Gasteiger partial charge in [-0.05, 0) is 19.1 Å². The van der Waals surface area contributed by atoms with Gasteiger partial charge in [-0.2, -0.15) is 18.2 Å². The van der Waals surface area contributed by atoms with E-state index >= 15 is 0 Å². The molecule has 0 bridgehead atoms. The average Bonchev–Trinajstić information content (AvgIpc) is 2.92. The molecule has 2 unspecified atom stereocenters. The fraction of sp³-hybridized carbons (Fsp3) is 0.250. The molecule has 3 rings (SSSR count). The van der Waals surface area contributed by atoms with E-state index in [4.69, 9.17) is 4.74 Å². The number of hydrogen-bond donors (Lipinski definition) is 1. The maximum atomic E-state index is 12.6. The SMILES string of the molecule is Cc1c(OCC(F)(F)F)ccnc1CS(=O)C1=Nc2ccccc2[NH+]1[O-]. The summed E-state index contributed by atoms with van der Waals surface area (Å²) in [5, 5.41) is 11.8. The first-order valence-electron chi connectivity index (χ1n) is 7.51. The van der Waals surface area contributed by atoms with Gasteiger partial charge in [0.05, 0.1) is 11.4 Å². The molecule has 0 saturated heterocycles. The van der Waals surface area contributed by atoms with Gasteiger partial charge in [0.2, 0.25) is 0 Å².